The second-order valence-electron chi connectivity index (χ2n) is 8.37. The quantitative estimate of drug-likeness (QED) is 0.675. The largest absolute Gasteiger partial charge is 0.377 e. The zero-order valence-electron chi connectivity index (χ0n) is 12.4. The summed E-state index contributed by atoms with van der Waals surface area (Å²) in [7, 11) is 0. The Bertz CT molecular complexity index is 445. The van der Waals surface area contributed by atoms with Crippen molar-refractivity contribution in [2.75, 3.05) is 6.61 Å². The van der Waals surface area contributed by atoms with Gasteiger partial charge in [-0.1, -0.05) is 0 Å². The molecule has 2 nitrogen and oxygen atoms in total. The third-order valence-electron chi connectivity index (χ3n) is 7.96. The van der Waals surface area contributed by atoms with Crippen LogP contribution < -0.4 is 0 Å². The van der Waals surface area contributed by atoms with Gasteiger partial charge in [-0.2, -0.15) is 0 Å². The van der Waals surface area contributed by atoms with Crippen LogP contribution in [-0.4, -0.2) is 18.5 Å². The number of ether oxygens (including phenoxy) is 1. The molecule has 5 fully saturated rings. The predicted octanol–water partition coefficient (Wildman–Crippen LogP) is 3.59. The van der Waals surface area contributed by atoms with Gasteiger partial charge in [0, 0.05) is 18.3 Å². The molecule has 110 valence electrons. The van der Waals surface area contributed by atoms with Gasteiger partial charge in [-0.25, -0.2) is 0 Å². The molecule has 4 aliphatic carbocycles. The first kappa shape index (κ1) is 12.2. The van der Waals surface area contributed by atoms with E-state index in [-0.39, 0.29) is 0 Å². The highest BCUT2D eigenvalue weighted by molar-refractivity contribution is 5.79. The van der Waals surface area contributed by atoms with Gasteiger partial charge in [-0.05, 0) is 74.5 Å². The molecule has 0 aromatic heterocycles. The van der Waals surface area contributed by atoms with Crippen molar-refractivity contribution >= 4 is 5.78 Å². The fourth-order valence-corrected chi connectivity index (χ4v) is 7.10. The van der Waals surface area contributed by atoms with Crippen molar-refractivity contribution in [1.82, 2.24) is 0 Å². The zero-order chi connectivity index (χ0) is 13.3. The molecule has 0 N–H and O–H groups in total. The minimum absolute atomic E-state index is 0.547. The lowest BCUT2D eigenvalue weighted by Crippen LogP contribution is -2.58. The van der Waals surface area contributed by atoms with Gasteiger partial charge >= 0.3 is 0 Å². The van der Waals surface area contributed by atoms with Crippen LogP contribution in [0.4, 0.5) is 0 Å². The van der Waals surface area contributed by atoms with Crippen LogP contribution in [-0.2, 0) is 9.53 Å². The molecule has 5 rings (SSSR count). The molecular formula is C18H26O2. The summed E-state index contributed by atoms with van der Waals surface area (Å²) >= 11 is 0. The first-order valence-corrected chi connectivity index (χ1v) is 8.91. The summed E-state index contributed by atoms with van der Waals surface area (Å²) < 4.78 is 5.87. The summed E-state index contributed by atoms with van der Waals surface area (Å²) in [6.45, 7) is 1.07. The number of fused-ring (bicyclic) bond motifs is 4. The van der Waals surface area contributed by atoms with Crippen molar-refractivity contribution in [3.8, 4) is 0 Å². The fourth-order valence-electron chi connectivity index (χ4n) is 7.10. The fraction of sp³-hybridized carbons (Fsp3) is 0.944. The maximum absolute atomic E-state index is 11.7. The second-order valence-corrected chi connectivity index (χ2v) is 8.37. The van der Waals surface area contributed by atoms with E-state index in [1.807, 2.05) is 0 Å². The number of carbonyl (C=O) groups excluding carboxylic acids is 1. The van der Waals surface area contributed by atoms with Crippen molar-refractivity contribution in [3.63, 3.8) is 0 Å². The molecule has 20 heavy (non-hydrogen) atoms. The van der Waals surface area contributed by atoms with Crippen molar-refractivity contribution in [3.05, 3.63) is 0 Å². The Kier molecular flexibility index (Phi) is 2.49. The van der Waals surface area contributed by atoms with E-state index < -0.39 is 0 Å². The Morgan fingerprint density at radius 1 is 0.950 bits per heavy atom. The molecule has 2 heteroatoms. The van der Waals surface area contributed by atoms with Gasteiger partial charge in [0.15, 0.2) is 0 Å². The molecule has 1 aliphatic heterocycles. The summed E-state index contributed by atoms with van der Waals surface area (Å²) in [6, 6.07) is 0. The molecule has 5 aliphatic rings. The van der Waals surface area contributed by atoms with Gasteiger partial charge in [0.05, 0.1) is 12.7 Å². The number of hydrogen-bond acceptors (Lipinski definition) is 2. The minimum atomic E-state index is 0.547. The molecule has 0 aromatic carbocycles. The average Bonchev–Trinajstić information content (AvgIpc) is 2.70. The Balaban J connectivity index is 1.42. The molecule has 1 saturated heterocycles. The molecule has 1 spiro atoms. The SMILES string of the molecule is O=C1CC[C@H]2C(CC[C@@H]3[C@@H]2CC[C@]24COC2CC[C@@H]34)C1. The van der Waals surface area contributed by atoms with Gasteiger partial charge in [0.25, 0.3) is 0 Å². The molecule has 1 heterocycles. The van der Waals surface area contributed by atoms with E-state index in [0.29, 0.717) is 17.3 Å². The van der Waals surface area contributed by atoms with Crippen LogP contribution in [0, 0.1) is 35.0 Å². The highest BCUT2D eigenvalue weighted by Crippen LogP contribution is 2.65. The Morgan fingerprint density at radius 3 is 2.75 bits per heavy atom. The van der Waals surface area contributed by atoms with E-state index in [9.17, 15) is 4.79 Å². The van der Waals surface area contributed by atoms with E-state index >= 15 is 0 Å². The van der Waals surface area contributed by atoms with Crippen molar-refractivity contribution in [1.29, 1.82) is 0 Å². The number of Topliss-reactive ketones (excluding diaryl/α,β-unsaturated/α-hetero) is 1. The van der Waals surface area contributed by atoms with E-state index in [0.717, 1.165) is 49.0 Å². The van der Waals surface area contributed by atoms with Crippen molar-refractivity contribution in [2.24, 2.45) is 35.0 Å². The zero-order valence-corrected chi connectivity index (χ0v) is 12.4. The van der Waals surface area contributed by atoms with E-state index in [4.69, 9.17) is 4.74 Å². The van der Waals surface area contributed by atoms with Crippen LogP contribution >= 0.6 is 0 Å². The molecule has 2 unspecified atom stereocenters. The number of ketones is 1. The topological polar surface area (TPSA) is 26.3 Å². The lowest BCUT2D eigenvalue weighted by atomic mass is 9.49. The summed E-state index contributed by atoms with van der Waals surface area (Å²) in [4.78, 5) is 11.7. The maximum Gasteiger partial charge on any atom is 0.133 e. The predicted molar refractivity (Wildman–Crippen MR) is 76.2 cm³/mol. The summed E-state index contributed by atoms with van der Waals surface area (Å²) in [5.74, 6) is 5.10. The molecule has 0 radical (unpaired) electrons. The number of rotatable bonds is 0. The highest BCUT2D eigenvalue weighted by Gasteiger charge is 2.63. The molecule has 0 aromatic rings. The van der Waals surface area contributed by atoms with Gasteiger partial charge < -0.3 is 4.74 Å². The van der Waals surface area contributed by atoms with Gasteiger partial charge in [0.2, 0.25) is 0 Å². The van der Waals surface area contributed by atoms with Crippen LogP contribution in [0.3, 0.4) is 0 Å². The van der Waals surface area contributed by atoms with Crippen LogP contribution in [0.1, 0.15) is 57.8 Å². The smallest absolute Gasteiger partial charge is 0.133 e. The Labute approximate surface area is 121 Å². The third-order valence-corrected chi connectivity index (χ3v) is 7.96. The van der Waals surface area contributed by atoms with Crippen LogP contribution in [0.2, 0.25) is 0 Å². The molecule has 7 atom stereocenters. The summed E-state index contributed by atoms with van der Waals surface area (Å²) in [5, 5.41) is 0. The standard InChI is InChI=1S/C18H26O2/c19-12-2-4-13-11(9-12)1-3-15-14(13)7-8-18-10-20-17(18)6-5-16(15)18/h11,13-17H,1-10H2/t11?,13-,14+,15+,16-,17?,18+/m0/s1. The molecule has 4 saturated carbocycles. The highest BCUT2D eigenvalue weighted by atomic mass is 16.5. The van der Waals surface area contributed by atoms with Crippen LogP contribution in [0.25, 0.3) is 0 Å². The number of hydrogen-bond donors (Lipinski definition) is 0. The number of carbonyl (C=O) groups is 1. The van der Waals surface area contributed by atoms with E-state index in [1.165, 1.54) is 44.9 Å². The summed E-state index contributed by atoms with van der Waals surface area (Å²) in [5.41, 5.74) is 0.610. The third kappa shape index (κ3) is 1.42. The van der Waals surface area contributed by atoms with Crippen LogP contribution in [0.5, 0.6) is 0 Å². The molecule has 0 bridgehead atoms. The molecular weight excluding hydrogens is 248 g/mol. The first-order valence-electron chi connectivity index (χ1n) is 8.91. The summed E-state index contributed by atoms with van der Waals surface area (Å²) in [6.07, 6.45) is 12.0. The van der Waals surface area contributed by atoms with Crippen molar-refractivity contribution in [2.45, 2.75) is 63.9 Å². The minimum Gasteiger partial charge on any atom is -0.377 e. The average molecular weight is 274 g/mol. The lowest BCUT2D eigenvalue weighted by molar-refractivity contribution is -0.221. The van der Waals surface area contributed by atoms with E-state index in [2.05, 4.69) is 0 Å². The first-order chi connectivity index (χ1) is 9.78. The van der Waals surface area contributed by atoms with Gasteiger partial charge in [0.1, 0.15) is 5.78 Å². The Hall–Kier alpha value is -0.370. The van der Waals surface area contributed by atoms with E-state index in [1.54, 1.807) is 0 Å². The lowest BCUT2D eigenvalue weighted by Gasteiger charge is -2.59. The van der Waals surface area contributed by atoms with Crippen molar-refractivity contribution < 1.29 is 9.53 Å². The second kappa shape index (κ2) is 4.09. The normalized spacial score (nSPS) is 57.1. The van der Waals surface area contributed by atoms with Gasteiger partial charge in [-0.3, -0.25) is 4.79 Å². The van der Waals surface area contributed by atoms with Gasteiger partial charge in [-0.15, -0.1) is 0 Å². The maximum atomic E-state index is 11.7. The Morgan fingerprint density at radius 2 is 1.90 bits per heavy atom. The molecule has 0 amide bonds. The van der Waals surface area contributed by atoms with Crippen LogP contribution in [0.15, 0.2) is 0 Å². The monoisotopic (exact) mass is 274 g/mol.